The number of hydrogen-bond acceptors (Lipinski definition) is 4. The number of carbonyl (C=O) groups is 1. The molecule has 0 radical (unpaired) electrons. The minimum atomic E-state index is -0.0165. The Morgan fingerprint density at radius 3 is 3.00 bits per heavy atom. The van der Waals surface area contributed by atoms with Gasteiger partial charge in [0.05, 0.1) is 12.8 Å². The number of carbonyl (C=O) groups excluding carboxylic acids is 1. The highest BCUT2D eigenvalue weighted by molar-refractivity contribution is 7.13. The van der Waals surface area contributed by atoms with Crippen LogP contribution in [0.2, 0.25) is 0 Å². The van der Waals surface area contributed by atoms with Gasteiger partial charge in [0.15, 0.2) is 5.13 Å². The number of rotatable bonds is 5. The van der Waals surface area contributed by atoms with E-state index in [1.807, 2.05) is 36.6 Å². The van der Waals surface area contributed by atoms with E-state index in [4.69, 9.17) is 4.74 Å². The number of thiazole rings is 1. The highest BCUT2D eigenvalue weighted by Gasteiger charge is 2.06. The van der Waals surface area contributed by atoms with Gasteiger partial charge in [0.1, 0.15) is 5.75 Å². The molecule has 1 aromatic heterocycles. The van der Waals surface area contributed by atoms with Crippen LogP contribution in [0.1, 0.15) is 17.7 Å². The third kappa shape index (κ3) is 4.06. The molecule has 19 heavy (non-hydrogen) atoms. The van der Waals surface area contributed by atoms with Gasteiger partial charge in [-0.3, -0.25) is 4.79 Å². The van der Waals surface area contributed by atoms with E-state index in [-0.39, 0.29) is 5.91 Å². The first kappa shape index (κ1) is 13.5. The molecule has 0 saturated heterocycles. The number of nitrogens with zero attached hydrogens (tertiary/aromatic N) is 1. The van der Waals surface area contributed by atoms with Gasteiger partial charge < -0.3 is 10.1 Å². The summed E-state index contributed by atoms with van der Waals surface area (Å²) in [5, 5.41) is 5.37. The Kier molecular flexibility index (Phi) is 4.52. The lowest BCUT2D eigenvalue weighted by Crippen LogP contribution is -2.12. The second kappa shape index (κ2) is 6.33. The van der Waals surface area contributed by atoms with Gasteiger partial charge in [-0.05, 0) is 31.0 Å². The van der Waals surface area contributed by atoms with Crippen molar-refractivity contribution in [1.29, 1.82) is 0 Å². The number of methoxy groups -OCH3 is 1. The van der Waals surface area contributed by atoms with E-state index in [0.717, 1.165) is 17.0 Å². The number of anilines is 1. The summed E-state index contributed by atoms with van der Waals surface area (Å²) in [7, 11) is 1.64. The van der Waals surface area contributed by atoms with Crippen LogP contribution in [-0.2, 0) is 11.2 Å². The van der Waals surface area contributed by atoms with Crippen molar-refractivity contribution in [2.24, 2.45) is 0 Å². The molecule has 1 amide bonds. The number of ether oxygens (including phenoxy) is 1. The number of hydrogen-bond donors (Lipinski definition) is 1. The average molecular weight is 276 g/mol. The number of nitrogens with one attached hydrogen (secondary N) is 1. The van der Waals surface area contributed by atoms with Crippen LogP contribution in [0.4, 0.5) is 5.13 Å². The van der Waals surface area contributed by atoms with Crippen molar-refractivity contribution in [1.82, 2.24) is 4.98 Å². The maximum absolute atomic E-state index is 11.8. The molecule has 0 spiro atoms. The molecular formula is C14H16N2O2S. The highest BCUT2D eigenvalue weighted by atomic mass is 32.1. The summed E-state index contributed by atoms with van der Waals surface area (Å²) in [6.07, 6.45) is 1.12. The third-order valence-corrected chi connectivity index (χ3v) is 3.52. The van der Waals surface area contributed by atoms with Crippen molar-refractivity contribution in [3.8, 4) is 5.75 Å². The van der Waals surface area contributed by atoms with Gasteiger partial charge in [-0.25, -0.2) is 4.98 Å². The highest BCUT2D eigenvalue weighted by Crippen LogP contribution is 2.16. The van der Waals surface area contributed by atoms with Crippen molar-refractivity contribution in [3.05, 3.63) is 40.9 Å². The Hall–Kier alpha value is -1.88. The lowest BCUT2D eigenvalue weighted by Gasteiger charge is -2.04. The summed E-state index contributed by atoms with van der Waals surface area (Å²) in [6.45, 7) is 1.91. The smallest absolute Gasteiger partial charge is 0.226 e. The van der Waals surface area contributed by atoms with E-state index in [9.17, 15) is 4.79 Å². The van der Waals surface area contributed by atoms with Crippen LogP contribution < -0.4 is 10.1 Å². The van der Waals surface area contributed by atoms with Gasteiger partial charge in [0.2, 0.25) is 5.91 Å². The van der Waals surface area contributed by atoms with Gasteiger partial charge in [-0.2, -0.15) is 0 Å². The first-order chi connectivity index (χ1) is 9.17. The van der Waals surface area contributed by atoms with Crippen LogP contribution in [0.5, 0.6) is 5.75 Å². The number of benzene rings is 1. The van der Waals surface area contributed by atoms with Crippen molar-refractivity contribution < 1.29 is 9.53 Å². The third-order valence-electron chi connectivity index (χ3n) is 2.64. The second-order valence-corrected chi connectivity index (χ2v) is 5.05. The van der Waals surface area contributed by atoms with E-state index in [0.29, 0.717) is 18.0 Å². The minimum absolute atomic E-state index is 0.0165. The van der Waals surface area contributed by atoms with Crippen LogP contribution in [0.3, 0.4) is 0 Å². The monoisotopic (exact) mass is 276 g/mol. The summed E-state index contributed by atoms with van der Waals surface area (Å²) >= 11 is 1.44. The van der Waals surface area contributed by atoms with Gasteiger partial charge in [0, 0.05) is 11.8 Å². The molecule has 1 N–H and O–H groups in total. The molecule has 100 valence electrons. The molecule has 0 atom stereocenters. The molecule has 4 nitrogen and oxygen atoms in total. The summed E-state index contributed by atoms with van der Waals surface area (Å²) in [5.41, 5.74) is 2.01. The quantitative estimate of drug-likeness (QED) is 0.913. The van der Waals surface area contributed by atoms with Crippen LogP contribution in [-0.4, -0.2) is 18.0 Å². The first-order valence-corrected chi connectivity index (χ1v) is 6.90. The fraction of sp³-hybridized carbons (Fsp3) is 0.286. The summed E-state index contributed by atoms with van der Waals surface area (Å²) < 4.78 is 5.15. The molecule has 2 rings (SSSR count). The average Bonchev–Trinajstić information content (AvgIpc) is 2.82. The van der Waals surface area contributed by atoms with Crippen molar-refractivity contribution in [2.45, 2.75) is 19.8 Å². The van der Waals surface area contributed by atoms with Gasteiger partial charge in [-0.15, -0.1) is 11.3 Å². The molecule has 1 aromatic carbocycles. The molecule has 0 saturated carbocycles. The predicted octanol–water partition coefficient (Wildman–Crippen LogP) is 3.03. The number of aryl methyl sites for hydroxylation is 2. The van der Waals surface area contributed by atoms with Crippen molar-refractivity contribution in [2.75, 3.05) is 12.4 Å². The van der Waals surface area contributed by atoms with E-state index in [1.165, 1.54) is 11.3 Å². The Balaban J connectivity index is 1.86. The topological polar surface area (TPSA) is 51.2 Å². The van der Waals surface area contributed by atoms with Gasteiger partial charge in [-0.1, -0.05) is 12.1 Å². The molecule has 2 aromatic rings. The SMILES string of the molecule is COc1cccc(CCC(=O)Nc2nc(C)cs2)c1. The van der Waals surface area contributed by atoms with E-state index >= 15 is 0 Å². The Labute approximate surface area is 116 Å². The molecule has 0 aliphatic heterocycles. The van der Waals surface area contributed by atoms with Crippen molar-refractivity contribution >= 4 is 22.4 Å². The van der Waals surface area contributed by atoms with Crippen LogP contribution in [0.25, 0.3) is 0 Å². The zero-order chi connectivity index (χ0) is 13.7. The van der Waals surface area contributed by atoms with E-state index < -0.39 is 0 Å². The Morgan fingerprint density at radius 2 is 2.32 bits per heavy atom. The molecular weight excluding hydrogens is 260 g/mol. The van der Waals surface area contributed by atoms with Gasteiger partial charge in [0.25, 0.3) is 0 Å². The lowest BCUT2D eigenvalue weighted by molar-refractivity contribution is -0.116. The molecule has 0 fully saturated rings. The minimum Gasteiger partial charge on any atom is -0.497 e. The van der Waals surface area contributed by atoms with Crippen molar-refractivity contribution in [3.63, 3.8) is 0 Å². The van der Waals surface area contributed by atoms with Gasteiger partial charge >= 0.3 is 0 Å². The predicted molar refractivity (Wildman–Crippen MR) is 76.8 cm³/mol. The fourth-order valence-corrected chi connectivity index (χ4v) is 2.38. The zero-order valence-corrected chi connectivity index (χ0v) is 11.8. The Bertz CT molecular complexity index is 566. The van der Waals surface area contributed by atoms with E-state index in [2.05, 4.69) is 10.3 Å². The second-order valence-electron chi connectivity index (χ2n) is 4.19. The maximum atomic E-state index is 11.8. The molecule has 5 heteroatoms. The summed E-state index contributed by atoms with van der Waals surface area (Å²) in [5.74, 6) is 0.797. The summed E-state index contributed by atoms with van der Waals surface area (Å²) in [4.78, 5) is 16.0. The van der Waals surface area contributed by atoms with Crippen LogP contribution in [0.15, 0.2) is 29.6 Å². The number of aromatic nitrogens is 1. The molecule has 0 bridgehead atoms. The molecule has 0 aliphatic carbocycles. The number of amides is 1. The maximum Gasteiger partial charge on any atom is 0.226 e. The molecule has 0 unspecified atom stereocenters. The van der Waals surface area contributed by atoms with E-state index in [1.54, 1.807) is 7.11 Å². The fourth-order valence-electron chi connectivity index (χ4n) is 1.68. The lowest BCUT2D eigenvalue weighted by atomic mass is 10.1. The normalized spacial score (nSPS) is 10.2. The molecule has 1 heterocycles. The van der Waals surface area contributed by atoms with Crippen LogP contribution in [0, 0.1) is 6.92 Å². The first-order valence-electron chi connectivity index (χ1n) is 6.02. The Morgan fingerprint density at radius 1 is 1.47 bits per heavy atom. The molecule has 0 aliphatic rings. The van der Waals surface area contributed by atoms with Crippen LogP contribution >= 0.6 is 11.3 Å². The standard InChI is InChI=1S/C14H16N2O2S/c1-10-9-19-14(15-10)16-13(17)7-6-11-4-3-5-12(8-11)18-2/h3-5,8-9H,6-7H2,1-2H3,(H,15,16,17). The summed E-state index contributed by atoms with van der Waals surface area (Å²) in [6, 6.07) is 7.75. The zero-order valence-electron chi connectivity index (χ0n) is 11.0. The largest absolute Gasteiger partial charge is 0.497 e.